The summed E-state index contributed by atoms with van der Waals surface area (Å²) in [6.07, 6.45) is 2.51. The van der Waals surface area contributed by atoms with Crippen molar-refractivity contribution in [2.75, 3.05) is 0 Å². The largest absolute Gasteiger partial charge is 0.481 e. The molecule has 0 bridgehead atoms. The van der Waals surface area contributed by atoms with Crippen LogP contribution in [-0.2, 0) is 9.59 Å². The Balaban J connectivity index is 0. The summed E-state index contributed by atoms with van der Waals surface area (Å²) in [6.45, 7) is 3.47. The summed E-state index contributed by atoms with van der Waals surface area (Å²) in [6, 6.07) is 0.234. The van der Waals surface area contributed by atoms with E-state index in [-0.39, 0.29) is 36.9 Å². The minimum atomic E-state index is -0.718. The normalized spacial score (nSPS) is 37.6. The lowest BCUT2D eigenvalue weighted by atomic mass is 9.67. The van der Waals surface area contributed by atoms with E-state index in [1.807, 2.05) is 0 Å². The van der Waals surface area contributed by atoms with Gasteiger partial charge in [-0.1, -0.05) is 0 Å². The number of hydrogen-bond donors (Lipinski definition) is 4. The fourth-order valence-corrected chi connectivity index (χ4v) is 2.54. The molecule has 6 N–H and O–H groups in total. The van der Waals surface area contributed by atoms with Gasteiger partial charge in [-0.25, -0.2) is 0 Å². The molecule has 0 aromatic carbocycles. The first kappa shape index (κ1) is 21.7. The Kier molecular flexibility index (Phi) is 8.09. The van der Waals surface area contributed by atoms with E-state index in [1.165, 1.54) is 0 Å². The average Bonchev–Trinajstić information content (AvgIpc) is 2.13. The zero-order valence-electron chi connectivity index (χ0n) is 11.7. The third-order valence-corrected chi connectivity index (χ3v) is 3.88. The topological polar surface area (TPSA) is 127 Å². The Morgan fingerprint density at radius 3 is 1.10 bits per heavy atom. The highest BCUT2D eigenvalue weighted by molar-refractivity contribution is 5.85. The SMILES string of the molecule is CC1(C(=O)O)CC(N)C1.CC1(C(=O)O)CC(N)C1.Cl.Cl. The van der Waals surface area contributed by atoms with Crippen LogP contribution in [0.5, 0.6) is 0 Å². The summed E-state index contributed by atoms with van der Waals surface area (Å²) in [5.41, 5.74) is 9.83. The number of halogens is 2. The Labute approximate surface area is 131 Å². The second-order valence-electron chi connectivity index (χ2n) is 6.07. The number of carbonyl (C=O) groups is 2. The van der Waals surface area contributed by atoms with Crippen LogP contribution in [-0.4, -0.2) is 34.2 Å². The van der Waals surface area contributed by atoms with Gasteiger partial charge in [0.05, 0.1) is 10.8 Å². The first-order valence-corrected chi connectivity index (χ1v) is 6.07. The summed E-state index contributed by atoms with van der Waals surface area (Å²) < 4.78 is 0. The molecule has 0 aliphatic heterocycles. The van der Waals surface area contributed by atoms with Crippen LogP contribution < -0.4 is 11.5 Å². The molecular weight excluding hydrogens is 307 g/mol. The molecule has 0 radical (unpaired) electrons. The van der Waals surface area contributed by atoms with Crippen molar-refractivity contribution in [3.63, 3.8) is 0 Å². The summed E-state index contributed by atoms with van der Waals surface area (Å²) in [4.78, 5) is 20.8. The molecule has 0 aromatic heterocycles. The predicted molar refractivity (Wildman–Crippen MR) is 80.4 cm³/mol. The van der Waals surface area contributed by atoms with Crippen molar-refractivity contribution in [2.24, 2.45) is 22.3 Å². The van der Waals surface area contributed by atoms with E-state index in [4.69, 9.17) is 21.7 Å². The maximum Gasteiger partial charge on any atom is 0.309 e. The molecular formula is C12H24Cl2N2O4. The number of carboxylic acids is 2. The number of nitrogens with two attached hydrogens (primary N) is 2. The first-order valence-electron chi connectivity index (χ1n) is 6.07. The Morgan fingerprint density at radius 1 is 0.850 bits per heavy atom. The van der Waals surface area contributed by atoms with Gasteiger partial charge in [0.25, 0.3) is 0 Å². The average molecular weight is 331 g/mol. The molecule has 0 unspecified atom stereocenters. The highest BCUT2D eigenvalue weighted by Gasteiger charge is 2.45. The molecule has 0 saturated heterocycles. The van der Waals surface area contributed by atoms with Crippen molar-refractivity contribution in [3.05, 3.63) is 0 Å². The Morgan fingerprint density at radius 2 is 1.05 bits per heavy atom. The van der Waals surface area contributed by atoms with Crippen LogP contribution in [0, 0.1) is 10.8 Å². The van der Waals surface area contributed by atoms with Crippen molar-refractivity contribution in [3.8, 4) is 0 Å². The molecule has 6 nitrogen and oxygen atoms in total. The van der Waals surface area contributed by atoms with Crippen LogP contribution in [0.2, 0.25) is 0 Å². The van der Waals surface area contributed by atoms with E-state index in [0.29, 0.717) is 25.7 Å². The standard InChI is InChI=1S/2C6H11NO2.2ClH/c2*1-6(5(8)9)2-4(7)3-6;;/h2*4H,2-3,7H2,1H3,(H,8,9);2*1H. The van der Waals surface area contributed by atoms with Gasteiger partial charge in [-0.05, 0) is 39.5 Å². The van der Waals surface area contributed by atoms with Crippen molar-refractivity contribution in [1.82, 2.24) is 0 Å². The minimum Gasteiger partial charge on any atom is -0.481 e. The van der Waals surface area contributed by atoms with Crippen LogP contribution in [0.4, 0.5) is 0 Å². The Bertz CT molecular complexity index is 319. The first-order chi connectivity index (χ1) is 8.09. The van der Waals surface area contributed by atoms with Crippen molar-refractivity contribution >= 4 is 36.8 Å². The number of aliphatic carboxylic acids is 2. The third kappa shape index (κ3) is 4.77. The van der Waals surface area contributed by atoms with Gasteiger partial charge in [0, 0.05) is 12.1 Å². The van der Waals surface area contributed by atoms with Gasteiger partial charge in [0.1, 0.15) is 0 Å². The van der Waals surface area contributed by atoms with Gasteiger partial charge in [-0.15, -0.1) is 24.8 Å². The quantitative estimate of drug-likeness (QED) is 0.603. The van der Waals surface area contributed by atoms with E-state index in [0.717, 1.165) is 0 Å². The van der Waals surface area contributed by atoms with E-state index >= 15 is 0 Å². The van der Waals surface area contributed by atoms with E-state index in [2.05, 4.69) is 0 Å². The molecule has 2 aliphatic carbocycles. The number of rotatable bonds is 2. The number of carboxylic acid groups (broad SMARTS) is 2. The van der Waals surface area contributed by atoms with Crippen LogP contribution in [0.3, 0.4) is 0 Å². The lowest BCUT2D eigenvalue weighted by Crippen LogP contribution is -2.48. The van der Waals surface area contributed by atoms with Crippen LogP contribution >= 0.6 is 24.8 Å². The van der Waals surface area contributed by atoms with E-state index < -0.39 is 22.8 Å². The molecule has 2 fully saturated rings. The molecule has 2 saturated carbocycles. The fourth-order valence-electron chi connectivity index (χ4n) is 2.54. The van der Waals surface area contributed by atoms with Crippen LogP contribution in [0.15, 0.2) is 0 Å². The van der Waals surface area contributed by atoms with Gasteiger partial charge in [-0.3, -0.25) is 9.59 Å². The molecule has 120 valence electrons. The molecule has 0 aromatic rings. The molecule has 8 heteroatoms. The monoisotopic (exact) mass is 330 g/mol. The summed E-state index contributed by atoms with van der Waals surface area (Å²) in [5, 5.41) is 17.1. The van der Waals surface area contributed by atoms with Crippen LogP contribution in [0.1, 0.15) is 39.5 Å². The molecule has 0 heterocycles. The summed E-state index contributed by atoms with van der Waals surface area (Å²) in [5.74, 6) is -1.44. The third-order valence-electron chi connectivity index (χ3n) is 3.88. The highest BCUT2D eigenvalue weighted by Crippen LogP contribution is 2.40. The molecule has 2 rings (SSSR count). The molecule has 0 amide bonds. The summed E-state index contributed by atoms with van der Waals surface area (Å²) in [7, 11) is 0. The maximum atomic E-state index is 10.4. The summed E-state index contributed by atoms with van der Waals surface area (Å²) >= 11 is 0. The van der Waals surface area contributed by atoms with Crippen molar-refractivity contribution in [1.29, 1.82) is 0 Å². The van der Waals surface area contributed by atoms with E-state index in [1.54, 1.807) is 13.8 Å². The second kappa shape index (κ2) is 7.45. The maximum absolute atomic E-state index is 10.4. The smallest absolute Gasteiger partial charge is 0.309 e. The number of hydrogen-bond acceptors (Lipinski definition) is 4. The predicted octanol–water partition coefficient (Wildman–Crippen LogP) is 1.24. The van der Waals surface area contributed by atoms with E-state index in [9.17, 15) is 9.59 Å². The zero-order chi connectivity index (χ0) is 14.1. The van der Waals surface area contributed by atoms with Gasteiger partial charge in [-0.2, -0.15) is 0 Å². The van der Waals surface area contributed by atoms with Gasteiger partial charge in [0.15, 0.2) is 0 Å². The van der Waals surface area contributed by atoms with Gasteiger partial charge in [0.2, 0.25) is 0 Å². The van der Waals surface area contributed by atoms with Gasteiger partial charge < -0.3 is 21.7 Å². The van der Waals surface area contributed by atoms with Crippen molar-refractivity contribution < 1.29 is 19.8 Å². The second-order valence-corrected chi connectivity index (χ2v) is 6.07. The molecule has 0 atom stereocenters. The molecule has 20 heavy (non-hydrogen) atoms. The molecule has 0 spiro atoms. The zero-order valence-corrected chi connectivity index (χ0v) is 13.3. The van der Waals surface area contributed by atoms with Gasteiger partial charge >= 0.3 is 11.9 Å². The lowest BCUT2D eigenvalue weighted by Gasteiger charge is -2.39. The molecule has 2 aliphatic rings. The van der Waals surface area contributed by atoms with Crippen molar-refractivity contribution in [2.45, 2.75) is 51.6 Å². The minimum absolute atomic E-state index is 0. The highest BCUT2D eigenvalue weighted by atomic mass is 35.5. The Hall–Kier alpha value is -0.560. The lowest BCUT2D eigenvalue weighted by molar-refractivity contribution is -0.154. The fraction of sp³-hybridized carbons (Fsp3) is 0.833. The van der Waals surface area contributed by atoms with Crippen LogP contribution in [0.25, 0.3) is 0 Å².